The summed E-state index contributed by atoms with van der Waals surface area (Å²) in [6.45, 7) is 0. The van der Waals surface area contributed by atoms with Crippen molar-refractivity contribution < 1.29 is 26.1 Å². The third kappa shape index (κ3) is 4.87. The van der Waals surface area contributed by atoms with E-state index in [2.05, 4.69) is 36.0 Å². The monoisotopic (exact) mass is 368 g/mol. The zero-order chi connectivity index (χ0) is 17.1. The lowest BCUT2D eigenvalue weighted by Crippen LogP contribution is -2.21. The highest BCUT2D eigenvalue weighted by molar-refractivity contribution is 8.00. The quantitative estimate of drug-likeness (QED) is 0.590. The number of halogens is 3. The highest BCUT2D eigenvalue weighted by Gasteiger charge is 2.44. The van der Waals surface area contributed by atoms with Crippen LogP contribution in [0.2, 0.25) is 0 Å². The normalized spacial score (nSPS) is 24.5. The van der Waals surface area contributed by atoms with Crippen molar-refractivity contribution in [1.29, 1.82) is 0 Å². The molecule has 1 aromatic carbocycles. The fourth-order valence-corrected chi connectivity index (χ4v) is 4.58. The highest BCUT2D eigenvalue weighted by atomic mass is 32.2. The van der Waals surface area contributed by atoms with Crippen LogP contribution < -0.4 is 0 Å². The smallest absolute Gasteiger partial charge is 0.279 e. The zero-order valence-corrected chi connectivity index (χ0v) is 14.1. The number of hydrogen-bond donors (Lipinski definition) is 1. The van der Waals surface area contributed by atoms with Crippen LogP contribution in [0.3, 0.4) is 0 Å². The first-order valence-corrected chi connectivity index (χ1v) is 9.92. The van der Waals surface area contributed by atoms with Crippen molar-refractivity contribution in [3.05, 3.63) is 35.4 Å². The van der Waals surface area contributed by atoms with E-state index < -0.39 is 15.6 Å². The van der Waals surface area contributed by atoms with Crippen molar-refractivity contribution in [3.63, 3.8) is 0 Å². The number of rotatable bonds is 1. The Balaban J connectivity index is 0.000000207. The molecule has 130 valence electrons. The Hall–Kier alpha value is -0.730. The lowest BCUT2D eigenvalue weighted by Gasteiger charge is -2.29. The summed E-state index contributed by atoms with van der Waals surface area (Å²) in [6, 6.07) is 9.12. The first-order valence-electron chi connectivity index (χ1n) is 7.43. The van der Waals surface area contributed by atoms with Crippen LogP contribution in [-0.2, 0) is 16.5 Å². The molecule has 3 rings (SSSR count). The number of aryl methyl sites for hydroxylation is 1. The van der Waals surface area contributed by atoms with Gasteiger partial charge in [0.05, 0.1) is 0 Å². The van der Waals surface area contributed by atoms with E-state index in [0.717, 1.165) is 11.2 Å². The number of alkyl halides is 3. The molecule has 0 aromatic heterocycles. The molecule has 0 spiro atoms. The predicted molar refractivity (Wildman–Crippen MR) is 85.2 cm³/mol. The van der Waals surface area contributed by atoms with E-state index in [-0.39, 0.29) is 0 Å². The Labute approximate surface area is 138 Å². The molecule has 1 aliphatic heterocycles. The van der Waals surface area contributed by atoms with Gasteiger partial charge < -0.3 is 0 Å². The molecule has 1 N–H and O–H groups in total. The molecule has 0 radical (unpaired) electrons. The molecule has 2 unspecified atom stereocenters. The van der Waals surface area contributed by atoms with Crippen molar-refractivity contribution in [2.45, 2.75) is 48.8 Å². The first-order chi connectivity index (χ1) is 10.7. The molecule has 0 bridgehead atoms. The first kappa shape index (κ1) is 18.6. The fraction of sp³-hybridized carbons (Fsp3) is 0.600. The minimum Gasteiger partial charge on any atom is -0.279 e. The van der Waals surface area contributed by atoms with Crippen LogP contribution in [0.4, 0.5) is 13.2 Å². The SMILES string of the molecule is O=S(=O)(O)C(F)(F)F.c1ccc2c(c1)CCCC2C1CCCS1. The molecule has 2 aliphatic rings. The fourth-order valence-electron chi connectivity index (χ4n) is 3.10. The van der Waals surface area contributed by atoms with Crippen molar-refractivity contribution in [1.82, 2.24) is 0 Å². The molecule has 23 heavy (non-hydrogen) atoms. The molecule has 1 saturated heterocycles. The largest absolute Gasteiger partial charge is 0.522 e. The van der Waals surface area contributed by atoms with Gasteiger partial charge in [-0.25, -0.2) is 0 Å². The van der Waals surface area contributed by atoms with Crippen molar-refractivity contribution >= 4 is 21.9 Å². The maximum Gasteiger partial charge on any atom is 0.522 e. The molecule has 3 nitrogen and oxygen atoms in total. The summed E-state index contributed by atoms with van der Waals surface area (Å²) < 4.78 is 57.5. The summed E-state index contributed by atoms with van der Waals surface area (Å²) in [6.07, 6.45) is 7.02. The summed E-state index contributed by atoms with van der Waals surface area (Å²) in [5.74, 6) is 2.26. The van der Waals surface area contributed by atoms with Crippen molar-refractivity contribution in [2.75, 3.05) is 5.75 Å². The van der Waals surface area contributed by atoms with Gasteiger partial charge in [0.2, 0.25) is 0 Å². The van der Waals surface area contributed by atoms with Crippen molar-refractivity contribution in [3.8, 4) is 0 Å². The topological polar surface area (TPSA) is 54.4 Å². The lowest BCUT2D eigenvalue weighted by atomic mass is 9.80. The highest BCUT2D eigenvalue weighted by Crippen LogP contribution is 2.43. The molecule has 0 saturated carbocycles. The lowest BCUT2D eigenvalue weighted by molar-refractivity contribution is -0.0510. The van der Waals surface area contributed by atoms with Gasteiger partial charge in [0, 0.05) is 5.25 Å². The van der Waals surface area contributed by atoms with Gasteiger partial charge in [-0.05, 0) is 54.9 Å². The second kappa shape index (κ2) is 7.44. The van der Waals surface area contributed by atoms with Gasteiger partial charge in [-0.1, -0.05) is 24.3 Å². The van der Waals surface area contributed by atoms with E-state index >= 15 is 0 Å². The summed E-state index contributed by atoms with van der Waals surface area (Å²) in [5, 5.41) is 0.923. The van der Waals surface area contributed by atoms with Crippen LogP contribution >= 0.6 is 11.8 Å². The summed E-state index contributed by atoms with van der Waals surface area (Å²) in [4.78, 5) is 0. The second-order valence-corrected chi connectivity index (χ2v) is 8.43. The van der Waals surface area contributed by atoms with Crippen LogP contribution in [-0.4, -0.2) is 29.5 Å². The molecule has 1 heterocycles. The third-order valence-corrected chi connectivity index (χ3v) is 6.22. The molecular formula is C15H19F3O3S2. The van der Waals surface area contributed by atoms with Gasteiger partial charge in [-0.3, -0.25) is 4.55 Å². The van der Waals surface area contributed by atoms with Crippen LogP contribution in [0.1, 0.15) is 42.7 Å². The average Bonchev–Trinajstić information content (AvgIpc) is 2.99. The molecule has 2 atom stereocenters. The standard InChI is InChI=1S/C14H18S.CHF3O3S/c1-2-7-12-11(5-1)6-3-8-13(12)14-9-4-10-15-14;2-1(3,4)8(5,6)7/h1-2,5,7,13-14H,3-4,6,8-10H2;(H,5,6,7). The molecular weight excluding hydrogens is 349 g/mol. The minimum absolute atomic E-state index is 0.863. The van der Waals surface area contributed by atoms with E-state index in [9.17, 15) is 13.2 Å². The minimum atomic E-state index is -5.84. The van der Waals surface area contributed by atoms with Crippen LogP contribution in [0, 0.1) is 0 Å². The number of benzene rings is 1. The van der Waals surface area contributed by atoms with Crippen LogP contribution in [0.15, 0.2) is 24.3 Å². The molecule has 8 heteroatoms. The Morgan fingerprint density at radius 3 is 2.35 bits per heavy atom. The number of fused-ring (bicyclic) bond motifs is 1. The van der Waals surface area contributed by atoms with Gasteiger partial charge in [0.25, 0.3) is 0 Å². The Bertz CT molecular complexity index is 623. The van der Waals surface area contributed by atoms with Gasteiger partial charge >= 0.3 is 15.6 Å². The summed E-state index contributed by atoms with van der Waals surface area (Å²) >= 11 is 2.21. The van der Waals surface area contributed by atoms with Crippen LogP contribution in [0.5, 0.6) is 0 Å². The maximum atomic E-state index is 10.7. The molecule has 1 aromatic rings. The molecule has 0 amide bonds. The zero-order valence-electron chi connectivity index (χ0n) is 12.4. The molecule has 1 fully saturated rings. The van der Waals surface area contributed by atoms with Gasteiger partial charge in [0.15, 0.2) is 0 Å². The van der Waals surface area contributed by atoms with Gasteiger partial charge in [0.1, 0.15) is 0 Å². The Kier molecular flexibility index (Phi) is 6.02. The summed E-state index contributed by atoms with van der Waals surface area (Å²) in [7, 11) is -5.84. The van der Waals surface area contributed by atoms with Gasteiger partial charge in [-0.15, -0.1) is 0 Å². The van der Waals surface area contributed by atoms with Crippen LogP contribution in [0.25, 0.3) is 0 Å². The maximum absolute atomic E-state index is 10.7. The van der Waals surface area contributed by atoms with E-state index in [4.69, 9.17) is 13.0 Å². The Morgan fingerprint density at radius 2 is 1.78 bits per heavy atom. The van der Waals surface area contributed by atoms with Crippen molar-refractivity contribution in [2.24, 2.45) is 0 Å². The predicted octanol–water partition coefficient (Wildman–Crippen LogP) is 4.40. The van der Waals surface area contributed by atoms with E-state index in [1.165, 1.54) is 37.9 Å². The summed E-state index contributed by atoms with van der Waals surface area (Å²) in [5.41, 5.74) is -2.24. The Morgan fingerprint density at radius 1 is 1.13 bits per heavy atom. The van der Waals surface area contributed by atoms with E-state index in [1.54, 1.807) is 11.1 Å². The third-order valence-electron chi connectivity index (χ3n) is 4.12. The van der Waals surface area contributed by atoms with Gasteiger partial charge in [-0.2, -0.15) is 33.4 Å². The number of thioether (sulfide) groups is 1. The second-order valence-electron chi connectivity index (χ2n) is 5.67. The van der Waals surface area contributed by atoms with E-state index in [0.29, 0.717) is 0 Å². The molecule has 1 aliphatic carbocycles. The average molecular weight is 368 g/mol. The van der Waals surface area contributed by atoms with E-state index in [1.807, 2.05) is 0 Å². The number of hydrogen-bond acceptors (Lipinski definition) is 3.